The van der Waals surface area contributed by atoms with Gasteiger partial charge >= 0.3 is 0 Å². The molecule has 41 heavy (non-hydrogen) atoms. The highest BCUT2D eigenvalue weighted by Gasteiger charge is 2.29. The quantitative estimate of drug-likeness (QED) is 0.335. The summed E-state index contributed by atoms with van der Waals surface area (Å²) in [6.07, 6.45) is 4.94. The van der Waals surface area contributed by atoms with Gasteiger partial charge < -0.3 is 9.88 Å². The Bertz CT molecular complexity index is 1720. The third-order valence-electron chi connectivity index (χ3n) is 8.08. The number of nitrogens with one attached hydrogen (secondary N) is 1. The Labute approximate surface area is 240 Å². The molecule has 10 heteroatoms. The number of hydrogen-bond donors (Lipinski definition) is 1. The van der Waals surface area contributed by atoms with Gasteiger partial charge in [-0.05, 0) is 50.6 Å². The SMILES string of the molecule is Cc1cnc(Cc2cccc(S(C)(=O)=O)c2F)nc1-c1c[nH]c2c(CC(=O)[C@@H](C)N3CCN(C)C[C@@H]3C)cccc12. The van der Waals surface area contributed by atoms with Crippen molar-refractivity contribution in [2.24, 2.45) is 0 Å². The zero-order valence-electron chi connectivity index (χ0n) is 24.1. The second-order valence-electron chi connectivity index (χ2n) is 11.2. The number of carbonyl (C=O) groups is 1. The largest absolute Gasteiger partial charge is 0.360 e. The van der Waals surface area contributed by atoms with Crippen LogP contribution in [-0.2, 0) is 27.5 Å². The highest BCUT2D eigenvalue weighted by molar-refractivity contribution is 7.90. The third-order valence-corrected chi connectivity index (χ3v) is 9.19. The number of fused-ring (bicyclic) bond motifs is 1. The highest BCUT2D eigenvalue weighted by atomic mass is 32.2. The van der Waals surface area contributed by atoms with Crippen LogP contribution in [0.4, 0.5) is 4.39 Å². The molecule has 0 amide bonds. The van der Waals surface area contributed by atoms with E-state index in [9.17, 15) is 13.2 Å². The second-order valence-corrected chi connectivity index (χ2v) is 13.2. The lowest BCUT2D eigenvalue weighted by Gasteiger charge is -2.41. The van der Waals surface area contributed by atoms with Crippen molar-refractivity contribution in [2.75, 3.05) is 32.9 Å². The molecule has 3 heterocycles. The first-order valence-electron chi connectivity index (χ1n) is 13.8. The van der Waals surface area contributed by atoms with Crippen LogP contribution in [0.3, 0.4) is 0 Å². The number of rotatable bonds is 8. The van der Waals surface area contributed by atoms with E-state index in [0.717, 1.165) is 53.5 Å². The summed E-state index contributed by atoms with van der Waals surface area (Å²) < 4.78 is 39.0. The summed E-state index contributed by atoms with van der Waals surface area (Å²) >= 11 is 0. The van der Waals surface area contributed by atoms with E-state index in [1.54, 1.807) is 12.3 Å². The number of halogens is 1. The number of hydrogen-bond acceptors (Lipinski definition) is 7. The molecule has 0 spiro atoms. The van der Waals surface area contributed by atoms with Crippen molar-refractivity contribution in [3.63, 3.8) is 0 Å². The van der Waals surface area contributed by atoms with Crippen LogP contribution in [0.1, 0.15) is 36.4 Å². The molecule has 0 bridgehead atoms. The van der Waals surface area contributed by atoms with E-state index in [-0.39, 0.29) is 28.7 Å². The number of Topliss-reactive ketones (excluding diaryl/α,β-unsaturated/α-hetero) is 1. The maximum absolute atomic E-state index is 15.0. The molecule has 1 N–H and O–H groups in total. The number of aromatic nitrogens is 3. The van der Waals surface area contributed by atoms with Gasteiger partial charge in [0.2, 0.25) is 0 Å². The molecule has 8 nitrogen and oxygen atoms in total. The number of nitrogens with zero attached hydrogens (tertiary/aromatic N) is 4. The molecule has 0 aliphatic carbocycles. The average molecular weight is 578 g/mol. The summed E-state index contributed by atoms with van der Waals surface area (Å²) in [5.41, 5.74) is 4.44. The number of aromatic amines is 1. The molecule has 5 rings (SSSR count). The van der Waals surface area contributed by atoms with Crippen LogP contribution < -0.4 is 0 Å². The van der Waals surface area contributed by atoms with Crippen molar-refractivity contribution < 1.29 is 17.6 Å². The molecule has 2 aromatic heterocycles. The van der Waals surface area contributed by atoms with Gasteiger partial charge in [-0.2, -0.15) is 0 Å². The van der Waals surface area contributed by atoms with Crippen LogP contribution in [0.25, 0.3) is 22.2 Å². The van der Waals surface area contributed by atoms with Crippen LogP contribution in [0.15, 0.2) is 53.7 Å². The number of piperazine rings is 1. The minimum atomic E-state index is -3.70. The van der Waals surface area contributed by atoms with E-state index < -0.39 is 15.7 Å². The number of benzene rings is 2. The number of likely N-dealkylation sites (N-methyl/N-ethyl adjacent to an activating group) is 1. The lowest BCUT2D eigenvalue weighted by molar-refractivity contribution is -0.124. The predicted molar refractivity (Wildman–Crippen MR) is 158 cm³/mol. The zero-order chi connectivity index (χ0) is 29.5. The number of para-hydroxylation sites is 1. The molecular weight excluding hydrogens is 541 g/mol. The fourth-order valence-corrected chi connectivity index (χ4v) is 6.58. The van der Waals surface area contributed by atoms with E-state index >= 15 is 4.39 Å². The first kappa shape index (κ1) is 29.0. The minimum absolute atomic E-state index is 0.0488. The molecule has 1 aliphatic heterocycles. The summed E-state index contributed by atoms with van der Waals surface area (Å²) in [7, 11) is -1.59. The van der Waals surface area contributed by atoms with Gasteiger partial charge in [0.15, 0.2) is 15.6 Å². The molecule has 0 saturated carbocycles. The molecular formula is C31H36FN5O3S. The average Bonchev–Trinajstić information content (AvgIpc) is 3.35. The molecule has 0 radical (unpaired) electrons. The fourth-order valence-electron chi connectivity index (χ4n) is 5.80. The Balaban J connectivity index is 1.42. The number of H-pyrrole nitrogens is 1. The lowest BCUT2D eigenvalue weighted by atomic mass is 9.98. The van der Waals surface area contributed by atoms with E-state index in [1.165, 1.54) is 12.1 Å². The molecule has 4 aromatic rings. The Morgan fingerprint density at radius 3 is 2.63 bits per heavy atom. The normalized spacial score (nSPS) is 17.7. The molecule has 1 fully saturated rings. The summed E-state index contributed by atoms with van der Waals surface area (Å²) in [6.45, 7) is 8.86. The summed E-state index contributed by atoms with van der Waals surface area (Å²) in [5, 5.41) is 0.939. The van der Waals surface area contributed by atoms with Crippen LogP contribution >= 0.6 is 0 Å². The lowest BCUT2D eigenvalue weighted by Crippen LogP contribution is -2.55. The van der Waals surface area contributed by atoms with Crippen LogP contribution in [-0.4, -0.2) is 84.0 Å². The molecule has 2 atom stereocenters. The van der Waals surface area contributed by atoms with Crippen LogP contribution in [0.2, 0.25) is 0 Å². The number of carbonyl (C=O) groups excluding carboxylic acids is 1. The maximum Gasteiger partial charge on any atom is 0.178 e. The van der Waals surface area contributed by atoms with Crippen molar-refractivity contribution in [1.82, 2.24) is 24.8 Å². The summed E-state index contributed by atoms with van der Waals surface area (Å²) in [5.74, 6) is -0.211. The summed E-state index contributed by atoms with van der Waals surface area (Å²) in [4.78, 5) is 30.2. The zero-order valence-corrected chi connectivity index (χ0v) is 24.9. The van der Waals surface area contributed by atoms with E-state index in [2.05, 4.69) is 33.7 Å². The fraction of sp³-hybridized carbons (Fsp3) is 0.387. The van der Waals surface area contributed by atoms with Gasteiger partial charge in [-0.3, -0.25) is 9.69 Å². The Hall–Kier alpha value is -3.47. The highest BCUT2D eigenvalue weighted by Crippen LogP contribution is 2.32. The van der Waals surface area contributed by atoms with E-state index in [0.29, 0.717) is 24.0 Å². The first-order valence-corrected chi connectivity index (χ1v) is 15.7. The number of ketones is 1. The molecule has 216 valence electrons. The topological polar surface area (TPSA) is 99.3 Å². The van der Waals surface area contributed by atoms with Gasteiger partial charge in [-0.1, -0.05) is 30.3 Å². The molecule has 1 aliphatic rings. The maximum atomic E-state index is 15.0. The minimum Gasteiger partial charge on any atom is -0.360 e. The van der Waals surface area contributed by atoms with E-state index in [1.807, 2.05) is 38.2 Å². The van der Waals surface area contributed by atoms with Gasteiger partial charge in [-0.25, -0.2) is 22.8 Å². The Morgan fingerprint density at radius 2 is 1.90 bits per heavy atom. The molecule has 1 saturated heterocycles. The monoisotopic (exact) mass is 577 g/mol. The Kier molecular flexibility index (Phi) is 8.09. The van der Waals surface area contributed by atoms with E-state index in [4.69, 9.17) is 4.98 Å². The number of aryl methyl sites for hydroxylation is 1. The van der Waals surface area contributed by atoms with Crippen molar-refractivity contribution in [2.45, 2.75) is 50.6 Å². The second kappa shape index (κ2) is 11.4. The van der Waals surface area contributed by atoms with Crippen molar-refractivity contribution in [3.8, 4) is 11.3 Å². The van der Waals surface area contributed by atoms with Gasteiger partial charge in [0.05, 0.1) is 11.7 Å². The van der Waals surface area contributed by atoms with Gasteiger partial charge in [0, 0.05) is 73.6 Å². The van der Waals surface area contributed by atoms with Gasteiger partial charge in [0.1, 0.15) is 16.5 Å². The van der Waals surface area contributed by atoms with Gasteiger partial charge in [0.25, 0.3) is 0 Å². The third kappa shape index (κ3) is 5.95. The first-order chi connectivity index (χ1) is 19.4. The van der Waals surface area contributed by atoms with Crippen molar-refractivity contribution in [3.05, 3.63) is 77.1 Å². The molecule has 0 unspecified atom stereocenters. The summed E-state index contributed by atoms with van der Waals surface area (Å²) in [6, 6.07) is 10.4. The predicted octanol–water partition coefficient (Wildman–Crippen LogP) is 4.20. The Morgan fingerprint density at radius 1 is 1.17 bits per heavy atom. The van der Waals surface area contributed by atoms with Crippen LogP contribution in [0, 0.1) is 12.7 Å². The number of sulfone groups is 1. The van der Waals surface area contributed by atoms with Gasteiger partial charge in [-0.15, -0.1) is 0 Å². The van der Waals surface area contributed by atoms with Crippen LogP contribution in [0.5, 0.6) is 0 Å². The van der Waals surface area contributed by atoms with Crippen molar-refractivity contribution >= 4 is 26.5 Å². The standard InChI is InChI=1S/C31H36FN5O3S/c1-19-16-33-28(15-22-8-7-11-27(29(22)32)41(5,39)40)35-30(19)25-17-34-31-23(9-6-10-24(25)31)14-26(38)21(3)37-13-12-36(4)18-20(37)2/h6-11,16-17,20-21,34H,12-15,18H2,1-5H3/t20-,21+/m0/s1. The van der Waals surface area contributed by atoms with Crippen molar-refractivity contribution in [1.29, 1.82) is 0 Å². The smallest absolute Gasteiger partial charge is 0.178 e. The molecule has 2 aromatic carbocycles.